The van der Waals surface area contributed by atoms with E-state index in [1.165, 1.54) is 0 Å². The maximum absolute atomic E-state index is 12.4. The molecule has 3 nitrogen and oxygen atoms in total. The van der Waals surface area contributed by atoms with E-state index in [0.717, 1.165) is 26.9 Å². The lowest BCUT2D eigenvalue weighted by Crippen LogP contribution is -2.18. The maximum Gasteiger partial charge on any atom is 0.270 e. The molecule has 2 aromatic carbocycles. The number of halogens is 1. The van der Waals surface area contributed by atoms with E-state index in [9.17, 15) is 4.79 Å². The Labute approximate surface area is 131 Å². The van der Waals surface area contributed by atoms with E-state index < -0.39 is 0 Å². The Balaban J connectivity index is 2.02. The molecule has 0 aliphatic carbocycles. The Kier molecular flexibility index (Phi) is 3.80. The van der Waals surface area contributed by atoms with Crippen LogP contribution in [-0.2, 0) is 6.54 Å². The molecule has 1 heterocycles. The van der Waals surface area contributed by atoms with Crippen LogP contribution >= 0.6 is 15.9 Å². The molecular formula is C17H15BrN2O. The van der Waals surface area contributed by atoms with Crippen molar-refractivity contribution in [3.8, 4) is 11.3 Å². The van der Waals surface area contributed by atoms with Crippen molar-refractivity contribution in [2.24, 2.45) is 0 Å². The zero-order valence-corrected chi connectivity index (χ0v) is 13.2. The first-order valence-electron chi connectivity index (χ1n) is 6.75. The molecule has 21 heavy (non-hydrogen) atoms. The van der Waals surface area contributed by atoms with Gasteiger partial charge in [-0.1, -0.05) is 64.5 Å². The van der Waals surface area contributed by atoms with Crippen molar-refractivity contribution in [1.82, 2.24) is 9.78 Å². The molecule has 0 aliphatic rings. The van der Waals surface area contributed by atoms with Crippen molar-refractivity contribution >= 4 is 15.9 Å². The largest absolute Gasteiger partial charge is 0.294 e. The van der Waals surface area contributed by atoms with E-state index in [4.69, 9.17) is 0 Å². The summed E-state index contributed by atoms with van der Waals surface area (Å²) in [5.41, 5.74) is 3.74. The molecule has 3 rings (SSSR count). The number of benzene rings is 2. The molecule has 106 valence electrons. The highest BCUT2D eigenvalue weighted by Crippen LogP contribution is 2.20. The smallest absolute Gasteiger partial charge is 0.270 e. The van der Waals surface area contributed by atoms with Crippen LogP contribution in [-0.4, -0.2) is 9.78 Å². The van der Waals surface area contributed by atoms with Crippen molar-refractivity contribution in [3.05, 3.63) is 80.6 Å². The standard InChI is InChI=1S/C17H15BrN2O/c1-12-16(13-7-3-2-4-8-13)19-20(17(12)21)11-14-9-5-6-10-15(14)18/h2-10,19H,11H2,1H3. The fourth-order valence-corrected chi connectivity index (χ4v) is 2.78. The molecule has 0 atom stereocenters. The average Bonchev–Trinajstić information content (AvgIpc) is 2.79. The van der Waals surface area contributed by atoms with Crippen molar-refractivity contribution < 1.29 is 0 Å². The Morgan fingerprint density at radius 1 is 1.05 bits per heavy atom. The number of aromatic amines is 1. The van der Waals surface area contributed by atoms with Gasteiger partial charge in [-0.3, -0.25) is 9.89 Å². The number of hydrogen-bond donors (Lipinski definition) is 1. The number of rotatable bonds is 3. The highest BCUT2D eigenvalue weighted by atomic mass is 79.9. The first kappa shape index (κ1) is 13.9. The molecule has 4 heteroatoms. The van der Waals surface area contributed by atoms with Gasteiger partial charge in [-0.25, -0.2) is 4.68 Å². The second-order valence-corrected chi connectivity index (χ2v) is 5.81. The van der Waals surface area contributed by atoms with Gasteiger partial charge in [0.2, 0.25) is 0 Å². The second kappa shape index (κ2) is 5.74. The third-order valence-corrected chi connectivity index (χ3v) is 4.31. The van der Waals surface area contributed by atoms with Crippen LogP contribution in [0.4, 0.5) is 0 Å². The van der Waals surface area contributed by atoms with Gasteiger partial charge in [0, 0.05) is 10.0 Å². The summed E-state index contributed by atoms with van der Waals surface area (Å²) >= 11 is 3.52. The molecule has 0 radical (unpaired) electrons. The second-order valence-electron chi connectivity index (χ2n) is 4.96. The highest BCUT2D eigenvalue weighted by Gasteiger charge is 2.12. The summed E-state index contributed by atoms with van der Waals surface area (Å²) in [4.78, 5) is 12.4. The van der Waals surface area contributed by atoms with Crippen LogP contribution in [0.25, 0.3) is 11.3 Å². The minimum Gasteiger partial charge on any atom is -0.294 e. The van der Waals surface area contributed by atoms with Gasteiger partial charge in [0.1, 0.15) is 0 Å². The Morgan fingerprint density at radius 3 is 2.43 bits per heavy atom. The SMILES string of the molecule is Cc1c(-c2ccccc2)[nH]n(Cc2ccccc2Br)c1=O. The molecule has 0 saturated heterocycles. The summed E-state index contributed by atoms with van der Waals surface area (Å²) in [6.45, 7) is 2.38. The molecule has 0 amide bonds. The van der Waals surface area contributed by atoms with E-state index in [2.05, 4.69) is 21.0 Å². The number of hydrogen-bond acceptors (Lipinski definition) is 1. The monoisotopic (exact) mass is 342 g/mol. The van der Waals surface area contributed by atoms with Crippen molar-refractivity contribution in [1.29, 1.82) is 0 Å². The van der Waals surface area contributed by atoms with Crippen LogP contribution in [0.5, 0.6) is 0 Å². The Bertz CT molecular complexity index is 818. The van der Waals surface area contributed by atoms with Gasteiger partial charge in [0.25, 0.3) is 5.56 Å². The third kappa shape index (κ3) is 2.72. The highest BCUT2D eigenvalue weighted by molar-refractivity contribution is 9.10. The van der Waals surface area contributed by atoms with E-state index in [-0.39, 0.29) is 5.56 Å². The van der Waals surface area contributed by atoms with E-state index in [1.54, 1.807) is 4.68 Å². The predicted octanol–water partition coefficient (Wildman–Crippen LogP) is 3.96. The quantitative estimate of drug-likeness (QED) is 0.768. The lowest BCUT2D eigenvalue weighted by molar-refractivity contribution is 0.663. The summed E-state index contributed by atoms with van der Waals surface area (Å²) < 4.78 is 2.66. The van der Waals surface area contributed by atoms with Crippen LogP contribution < -0.4 is 5.56 Å². The average molecular weight is 343 g/mol. The van der Waals surface area contributed by atoms with Gasteiger partial charge in [0.05, 0.1) is 12.2 Å². The molecule has 0 bridgehead atoms. The fourth-order valence-electron chi connectivity index (χ4n) is 2.37. The summed E-state index contributed by atoms with van der Waals surface area (Å²) in [6, 6.07) is 17.8. The summed E-state index contributed by atoms with van der Waals surface area (Å²) in [6.07, 6.45) is 0. The van der Waals surface area contributed by atoms with Crippen molar-refractivity contribution in [2.45, 2.75) is 13.5 Å². The van der Waals surface area contributed by atoms with E-state index in [1.807, 2.05) is 61.5 Å². The van der Waals surface area contributed by atoms with E-state index in [0.29, 0.717) is 6.54 Å². The fraction of sp³-hybridized carbons (Fsp3) is 0.118. The number of H-pyrrole nitrogens is 1. The van der Waals surface area contributed by atoms with Gasteiger partial charge in [-0.05, 0) is 24.1 Å². The van der Waals surface area contributed by atoms with Gasteiger partial charge in [0.15, 0.2) is 0 Å². The van der Waals surface area contributed by atoms with Crippen molar-refractivity contribution in [2.75, 3.05) is 0 Å². The molecule has 3 aromatic rings. The number of nitrogens with one attached hydrogen (secondary N) is 1. The van der Waals surface area contributed by atoms with Gasteiger partial charge in [-0.2, -0.15) is 0 Å². The zero-order valence-electron chi connectivity index (χ0n) is 11.6. The lowest BCUT2D eigenvalue weighted by atomic mass is 10.1. The number of nitrogens with zero attached hydrogens (tertiary/aromatic N) is 1. The topological polar surface area (TPSA) is 37.8 Å². The minimum atomic E-state index is 0.0182. The predicted molar refractivity (Wildman–Crippen MR) is 88.5 cm³/mol. The molecule has 1 aromatic heterocycles. The Morgan fingerprint density at radius 2 is 1.71 bits per heavy atom. The molecule has 0 spiro atoms. The van der Waals surface area contributed by atoms with Gasteiger partial charge in [-0.15, -0.1) is 0 Å². The Hall–Kier alpha value is -2.07. The molecule has 0 unspecified atom stereocenters. The summed E-state index contributed by atoms with van der Waals surface area (Å²) in [5.74, 6) is 0. The van der Waals surface area contributed by atoms with Crippen LogP contribution in [0.2, 0.25) is 0 Å². The molecule has 1 N–H and O–H groups in total. The third-order valence-electron chi connectivity index (χ3n) is 3.54. The van der Waals surface area contributed by atoms with Crippen LogP contribution in [0.15, 0.2) is 63.9 Å². The molecule has 0 saturated carbocycles. The molecule has 0 aliphatic heterocycles. The summed E-state index contributed by atoms with van der Waals surface area (Å²) in [7, 11) is 0. The van der Waals surface area contributed by atoms with Crippen LogP contribution in [0.3, 0.4) is 0 Å². The zero-order chi connectivity index (χ0) is 14.8. The maximum atomic E-state index is 12.4. The molecule has 0 fully saturated rings. The van der Waals surface area contributed by atoms with E-state index >= 15 is 0 Å². The normalized spacial score (nSPS) is 10.8. The number of aromatic nitrogens is 2. The minimum absolute atomic E-state index is 0.0182. The first-order chi connectivity index (χ1) is 10.2. The van der Waals surface area contributed by atoms with Gasteiger partial charge < -0.3 is 0 Å². The first-order valence-corrected chi connectivity index (χ1v) is 7.54. The van der Waals surface area contributed by atoms with Gasteiger partial charge >= 0.3 is 0 Å². The van der Waals surface area contributed by atoms with Crippen LogP contribution in [0, 0.1) is 6.92 Å². The van der Waals surface area contributed by atoms with Crippen LogP contribution in [0.1, 0.15) is 11.1 Å². The molecular weight excluding hydrogens is 328 g/mol. The van der Waals surface area contributed by atoms with Crippen molar-refractivity contribution in [3.63, 3.8) is 0 Å². The summed E-state index contributed by atoms with van der Waals surface area (Å²) in [5, 5.41) is 3.23. The lowest BCUT2D eigenvalue weighted by Gasteiger charge is -2.05.